The van der Waals surface area contributed by atoms with E-state index in [2.05, 4.69) is 0 Å². The number of esters is 2. The molecule has 0 radical (unpaired) electrons. The maximum absolute atomic E-state index is 11.9. The van der Waals surface area contributed by atoms with E-state index in [1.165, 1.54) is 0 Å². The summed E-state index contributed by atoms with van der Waals surface area (Å²) in [7, 11) is 0. The molecule has 1 N–H and O–H groups in total. The minimum absolute atomic E-state index is 0.0921. The molecule has 0 aromatic carbocycles. The van der Waals surface area contributed by atoms with Crippen LogP contribution in [0.3, 0.4) is 0 Å². The zero-order chi connectivity index (χ0) is 23.9. The highest BCUT2D eigenvalue weighted by molar-refractivity contribution is 5.75. The van der Waals surface area contributed by atoms with Crippen LogP contribution in [0.2, 0.25) is 0 Å². The highest BCUT2D eigenvalue weighted by Crippen LogP contribution is 2.31. The Bertz CT molecular complexity index is 571. The van der Waals surface area contributed by atoms with Crippen molar-refractivity contribution in [1.82, 2.24) is 0 Å². The number of aliphatic hydroxyl groups excluding tert-OH is 1. The van der Waals surface area contributed by atoms with Gasteiger partial charge in [-0.1, -0.05) is 0 Å². The second-order valence-corrected chi connectivity index (χ2v) is 11.1. The number of unbranched alkanes of at least 4 members (excludes halogenated alkanes) is 1. The van der Waals surface area contributed by atoms with E-state index in [0.29, 0.717) is 38.9 Å². The van der Waals surface area contributed by atoms with Gasteiger partial charge in [-0.3, -0.25) is 9.59 Å². The van der Waals surface area contributed by atoms with Crippen LogP contribution < -0.4 is 0 Å². The van der Waals surface area contributed by atoms with Gasteiger partial charge in [0.25, 0.3) is 0 Å². The fourth-order valence-electron chi connectivity index (χ4n) is 3.33. The Labute approximate surface area is 188 Å². The molecule has 1 rings (SSSR count). The first-order valence-corrected chi connectivity index (χ1v) is 11.5. The number of hydrogen-bond donors (Lipinski definition) is 1. The van der Waals surface area contributed by atoms with Crippen LogP contribution in [0.1, 0.15) is 93.9 Å². The number of hydrogen-bond acceptors (Lipinski definition) is 7. The fourth-order valence-corrected chi connectivity index (χ4v) is 3.33. The Morgan fingerprint density at radius 3 is 2.00 bits per heavy atom. The van der Waals surface area contributed by atoms with Gasteiger partial charge in [-0.2, -0.15) is 0 Å². The van der Waals surface area contributed by atoms with Crippen molar-refractivity contribution in [3.05, 3.63) is 0 Å². The molecule has 1 heterocycles. The lowest BCUT2D eigenvalue weighted by atomic mass is 9.97. The predicted molar refractivity (Wildman–Crippen MR) is 118 cm³/mol. The van der Waals surface area contributed by atoms with Gasteiger partial charge >= 0.3 is 11.9 Å². The molecule has 1 fully saturated rings. The van der Waals surface area contributed by atoms with Crippen LogP contribution in [0.4, 0.5) is 0 Å². The van der Waals surface area contributed by atoms with Crippen LogP contribution in [-0.4, -0.2) is 54.4 Å². The van der Waals surface area contributed by atoms with E-state index < -0.39 is 22.7 Å². The van der Waals surface area contributed by atoms with Gasteiger partial charge in [-0.25, -0.2) is 0 Å². The van der Waals surface area contributed by atoms with Crippen LogP contribution in [0.15, 0.2) is 0 Å². The normalized spacial score (nSPS) is 22.6. The van der Waals surface area contributed by atoms with Crippen LogP contribution in [-0.2, 0) is 28.5 Å². The lowest BCUT2D eigenvalue weighted by Crippen LogP contribution is -2.46. The predicted octanol–water partition coefficient (Wildman–Crippen LogP) is 4.39. The van der Waals surface area contributed by atoms with E-state index in [4.69, 9.17) is 18.9 Å². The Kier molecular flexibility index (Phi) is 10.4. The number of aliphatic hydroxyl groups is 1. The topological polar surface area (TPSA) is 91.3 Å². The Morgan fingerprint density at radius 2 is 1.45 bits per heavy atom. The molecule has 1 saturated heterocycles. The molecule has 0 spiro atoms. The standard InChI is InChI=1S/C24H44O7/c1-22(2,3)20(26)28-13-10-9-11-17(25)15-19-16-18(30-24(7,8)31-19)12-14-29-21(27)23(4,5)6/h17-19,25H,9-16H2,1-8H3/t17-,18+,19+/m1/s1. The molecule has 7 heteroatoms. The quantitative estimate of drug-likeness (QED) is 0.395. The average Bonchev–Trinajstić information content (AvgIpc) is 2.58. The molecule has 0 aromatic rings. The number of carbonyl (C=O) groups excluding carboxylic acids is 2. The maximum atomic E-state index is 11.9. The van der Waals surface area contributed by atoms with E-state index in [1.54, 1.807) is 0 Å². The second-order valence-electron chi connectivity index (χ2n) is 11.1. The summed E-state index contributed by atoms with van der Waals surface area (Å²) >= 11 is 0. The largest absolute Gasteiger partial charge is 0.465 e. The molecule has 0 unspecified atom stereocenters. The van der Waals surface area contributed by atoms with Crippen LogP contribution in [0.25, 0.3) is 0 Å². The molecule has 31 heavy (non-hydrogen) atoms. The average molecular weight is 445 g/mol. The van der Waals surface area contributed by atoms with Crippen molar-refractivity contribution in [1.29, 1.82) is 0 Å². The van der Waals surface area contributed by atoms with E-state index in [0.717, 1.165) is 12.8 Å². The highest BCUT2D eigenvalue weighted by atomic mass is 16.7. The summed E-state index contributed by atoms with van der Waals surface area (Å²) in [6, 6.07) is 0. The summed E-state index contributed by atoms with van der Waals surface area (Å²) in [5.41, 5.74) is -1.01. The molecule has 3 atom stereocenters. The fraction of sp³-hybridized carbons (Fsp3) is 0.917. The van der Waals surface area contributed by atoms with Crippen molar-refractivity contribution in [2.75, 3.05) is 13.2 Å². The molecule has 1 aliphatic heterocycles. The molecule has 7 nitrogen and oxygen atoms in total. The van der Waals surface area contributed by atoms with Crippen molar-refractivity contribution in [2.45, 2.75) is 118 Å². The van der Waals surface area contributed by atoms with Crippen LogP contribution in [0, 0.1) is 10.8 Å². The van der Waals surface area contributed by atoms with E-state index in [9.17, 15) is 14.7 Å². The Morgan fingerprint density at radius 1 is 0.935 bits per heavy atom. The Balaban J connectivity index is 2.35. The minimum atomic E-state index is -0.748. The van der Waals surface area contributed by atoms with Crippen LogP contribution >= 0.6 is 0 Å². The van der Waals surface area contributed by atoms with Gasteiger partial charge in [0.2, 0.25) is 0 Å². The molecule has 0 aliphatic carbocycles. The highest BCUT2D eigenvalue weighted by Gasteiger charge is 2.36. The first-order valence-electron chi connectivity index (χ1n) is 11.5. The molecular formula is C24H44O7. The zero-order valence-electron chi connectivity index (χ0n) is 20.8. The summed E-state index contributed by atoms with van der Waals surface area (Å²) < 4.78 is 22.6. The van der Waals surface area contributed by atoms with Crippen molar-refractivity contribution in [2.24, 2.45) is 10.8 Å². The first kappa shape index (κ1) is 27.9. The molecule has 0 amide bonds. The second kappa shape index (κ2) is 11.6. The van der Waals surface area contributed by atoms with E-state index >= 15 is 0 Å². The van der Waals surface area contributed by atoms with Gasteiger partial charge in [-0.15, -0.1) is 0 Å². The third kappa shape index (κ3) is 11.3. The molecule has 0 aromatic heterocycles. The smallest absolute Gasteiger partial charge is 0.311 e. The third-order valence-corrected chi connectivity index (χ3v) is 5.02. The molecule has 1 aliphatic rings. The molecule has 182 valence electrons. The van der Waals surface area contributed by atoms with E-state index in [-0.39, 0.29) is 24.1 Å². The lowest BCUT2D eigenvalue weighted by molar-refractivity contribution is -0.304. The van der Waals surface area contributed by atoms with Gasteiger partial charge < -0.3 is 24.1 Å². The van der Waals surface area contributed by atoms with Gasteiger partial charge in [0.15, 0.2) is 5.79 Å². The van der Waals surface area contributed by atoms with Gasteiger partial charge in [-0.05, 0) is 81.1 Å². The van der Waals surface area contributed by atoms with Crippen molar-refractivity contribution >= 4 is 11.9 Å². The van der Waals surface area contributed by atoms with Crippen molar-refractivity contribution in [3.63, 3.8) is 0 Å². The lowest BCUT2D eigenvalue weighted by Gasteiger charge is -2.41. The third-order valence-electron chi connectivity index (χ3n) is 5.02. The minimum Gasteiger partial charge on any atom is -0.465 e. The molecule has 0 bridgehead atoms. The zero-order valence-corrected chi connectivity index (χ0v) is 20.8. The van der Waals surface area contributed by atoms with Gasteiger partial charge in [0.1, 0.15) is 0 Å². The molecular weight excluding hydrogens is 400 g/mol. The maximum Gasteiger partial charge on any atom is 0.311 e. The summed E-state index contributed by atoms with van der Waals surface area (Å²) in [4.78, 5) is 23.7. The molecule has 0 saturated carbocycles. The summed E-state index contributed by atoms with van der Waals surface area (Å²) in [5, 5.41) is 10.4. The summed E-state index contributed by atoms with van der Waals surface area (Å²) in [6.45, 7) is 15.4. The van der Waals surface area contributed by atoms with Crippen molar-refractivity contribution < 1.29 is 33.6 Å². The summed E-state index contributed by atoms with van der Waals surface area (Å²) in [6.07, 6.45) is 3.19. The first-order chi connectivity index (χ1) is 14.1. The summed E-state index contributed by atoms with van der Waals surface area (Å²) in [5.74, 6) is -1.17. The number of ether oxygens (including phenoxy) is 4. The monoisotopic (exact) mass is 444 g/mol. The number of rotatable bonds is 10. The SMILES string of the molecule is CC1(C)O[C@@H](CCOC(=O)C(C)(C)C)C[C@H](C[C@H](O)CCCCOC(=O)C(C)(C)C)O1. The van der Waals surface area contributed by atoms with Gasteiger partial charge in [0, 0.05) is 12.8 Å². The van der Waals surface area contributed by atoms with Crippen LogP contribution in [0.5, 0.6) is 0 Å². The number of carbonyl (C=O) groups is 2. The van der Waals surface area contributed by atoms with Gasteiger partial charge in [0.05, 0.1) is 42.4 Å². The van der Waals surface area contributed by atoms with Crippen molar-refractivity contribution in [3.8, 4) is 0 Å². The van der Waals surface area contributed by atoms with E-state index in [1.807, 2.05) is 55.4 Å². The Hall–Kier alpha value is -1.18.